The first-order valence-electron chi connectivity index (χ1n) is 7.06. The lowest BCUT2D eigenvalue weighted by Crippen LogP contribution is -2.47. The summed E-state index contributed by atoms with van der Waals surface area (Å²) in [6.45, 7) is 0. The highest BCUT2D eigenvalue weighted by molar-refractivity contribution is 6.17. The first-order valence-corrected chi connectivity index (χ1v) is 7.06. The Kier molecular flexibility index (Phi) is 3.23. The molecule has 1 spiro atoms. The number of amides is 2. The van der Waals surface area contributed by atoms with Crippen molar-refractivity contribution in [1.29, 1.82) is 0 Å². The number of anilines is 1. The minimum Gasteiger partial charge on any atom is -0.477 e. The van der Waals surface area contributed by atoms with Gasteiger partial charge in [-0.2, -0.15) is 0 Å². The summed E-state index contributed by atoms with van der Waals surface area (Å²) >= 11 is 0. The molecule has 1 aromatic rings. The molecule has 1 aliphatic carbocycles. The fourth-order valence-electron chi connectivity index (χ4n) is 3.44. The number of hydrogen-bond donors (Lipinski definition) is 1. The molecule has 1 aromatic heterocycles. The predicted octanol–water partition coefficient (Wildman–Crippen LogP) is 1.99. The summed E-state index contributed by atoms with van der Waals surface area (Å²) in [5, 5.41) is 8.96. The molecule has 2 fully saturated rings. The SMILES string of the molecule is O=C(O)c1cc(N2C(=O)CC3(CCCC3)CC2=O)ccn1. The van der Waals surface area contributed by atoms with Crippen molar-refractivity contribution in [2.75, 3.05) is 4.90 Å². The number of rotatable bonds is 2. The van der Waals surface area contributed by atoms with Gasteiger partial charge in [-0.1, -0.05) is 12.8 Å². The Morgan fingerprint density at radius 3 is 2.38 bits per heavy atom. The molecule has 6 heteroatoms. The number of imide groups is 1. The van der Waals surface area contributed by atoms with Crippen LogP contribution in [0.5, 0.6) is 0 Å². The number of carboxylic acid groups (broad SMARTS) is 1. The number of carbonyl (C=O) groups is 3. The van der Waals surface area contributed by atoms with E-state index < -0.39 is 5.97 Å². The molecular weight excluding hydrogens is 272 g/mol. The number of nitrogens with zero attached hydrogens (tertiary/aromatic N) is 2. The number of hydrogen-bond acceptors (Lipinski definition) is 4. The summed E-state index contributed by atoms with van der Waals surface area (Å²) in [5.74, 6) is -1.66. The standard InChI is InChI=1S/C15H16N2O4/c18-12-8-15(4-1-2-5-15)9-13(19)17(12)10-3-6-16-11(7-10)14(20)21/h3,6-7H,1-2,4-5,8-9H2,(H,20,21). The zero-order valence-corrected chi connectivity index (χ0v) is 11.5. The van der Waals surface area contributed by atoms with Gasteiger partial charge in [0.15, 0.2) is 0 Å². The highest BCUT2D eigenvalue weighted by Gasteiger charge is 2.45. The van der Waals surface area contributed by atoms with Crippen molar-refractivity contribution >= 4 is 23.5 Å². The number of carboxylic acids is 1. The van der Waals surface area contributed by atoms with Crippen LogP contribution < -0.4 is 4.90 Å². The second-order valence-corrected chi connectivity index (χ2v) is 5.89. The van der Waals surface area contributed by atoms with Crippen LogP contribution in [0.25, 0.3) is 0 Å². The highest BCUT2D eigenvalue weighted by atomic mass is 16.4. The third kappa shape index (κ3) is 2.41. The molecule has 0 radical (unpaired) electrons. The van der Waals surface area contributed by atoms with E-state index in [0.717, 1.165) is 30.6 Å². The van der Waals surface area contributed by atoms with Crippen LogP contribution >= 0.6 is 0 Å². The summed E-state index contributed by atoms with van der Waals surface area (Å²) in [6, 6.07) is 2.76. The summed E-state index contributed by atoms with van der Waals surface area (Å²) < 4.78 is 0. The molecule has 1 aliphatic heterocycles. The van der Waals surface area contributed by atoms with Crippen molar-refractivity contribution in [3.63, 3.8) is 0 Å². The zero-order chi connectivity index (χ0) is 15.0. The van der Waals surface area contributed by atoms with Crippen LogP contribution in [0.2, 0.25) is 0 Å². The normalized spacial score (nSPS) is 21.0. The third-order valence-corrected chi connectivity index (χ3v) is 4.44. The number of pyridine rings is 1. The van der Waals surface area contributed by atoms with Crippen LogP contribution in [-0.2, 0) is 9.59 Å². The second kappa shape index (κ2) is 4.95. The maximum atomic E-state index is 12.4. The molecule has 21 heavy (non-hydrogen) atoms. The van der Waals surface area contributed by atoms with E-state index in [1.807, 2.05) is 0 Å². The van der Waals surface area contributed by atoms with Gasteiger partial charge in [-0.05, 0) is 30.4 Å². The molecule has 2 aliphatic rings. The molecule has 0 atom stereocenters. The van der Waals surface area contributed by atoms with Crippen LogP contribution in [0.4, 0.5) is 5.69 Å². The predicted molar refractivity (Wildman–Crippen MR) is 73.8 cm³/mol. The van der Waals surface area contributed by atoms with E-state index in [-0.39, 0.29) is 22.9 Å². The van der Waals surface area contributed by atoms with Gasteiger partial charge in [0.1, 0.15) is 5.69 Å². The molecule has 1 saturated carbocycles. The van der Waals surface area contributed by atoms with Gasteiger partial charge in [-0.3, -0.25) is 14.5 Å². The van der Waals surface area contributed by atoms with Crippen molar-refractivity contribution in [2.45, 2.75) is 38.5 Å². The topological polar surface area (TPSA) is 87.6 Å². The number of carbonyl (C=O) groups excluding carboxylic acids is 2. The van der Waals surface area contributed by atoms with Gasteiger partial charge in [0.25, 0.3) is 0 Å². The van der Waals surface area contributed by atoms with Crippen LogP contribution in [0.3, 0.4) is 0 Å². The summed E-state index contributed by atoms with van der Waals surface area (Å²) in [7, 11) is 0. The van der Waals surface area contributed by atoms with Gasteiger partial charge >= 0.3 is 5.97 Å². The average molecular weight is 288 g/mol. The smallest absolute Gasteiger partial charge is 0.354 e. The molecule has 1 saturated heterocycles. The van der Waals surface area contributed by atoms with E-state index >= 15 is 0 Å². The lowest BCUT2D eigenvalue weighted by molar-refractivity contribution is -0.133. The van der Waals surface area contributed by atoms with Gasteiger partial charge in [0.2, 0.25) is 11.8 Å². The molecule has 3 rings (SSSR count). The summed E-state index contributed by atoms with van der Waals surface area (Å²) in [6.07, 6.45) is 6.02. The lowest BCUT2D eigenvalue weighted by Gasteiger charge is -2.37. The molecule has 0 aromatic carbocycles. The molecule has 2 amide bonds. The minimum atomic E-state index is -1.18. The van der Waals surface area contributed by atoms with E-state index in [4.69, 9.17) is 5.11 Å². The van der Waals surface area contributed by atoms with Gasteiger partial charge in [0.05, 0.1) is 5.69 Å². The highest BCUT2D eigenvalue weighted by Crippen LogP contribution is 2.47. The Hall–Kier alpha value is -2.24. The van der Waals surface area contributed by atoms with Crippen LogP contribution in [0.1, 0.15) is 49.0 Å². The van der Waals surface area contributed by atoms with E-state index in [1.54, 1.807) is 0 Å². The van der Waals surface area contributed by atoms with E-state index in [9.17, 15) is 14.4 Å². The summed E-state index contributed by atoms with van der Waals surface area (Å²) in [5.41, 5.74) is -0.0349. The molecule has 0 bridgehead atoms. The fraction of sp³-hybridized carbons (Fsp3) is 0.467. The monoisotopic (exact) mass is 288 g/mol. The first kappa shape index (κ1) is 13.7. The Morgan fingerprint density at radius 2 is 1.81 bits per heavy atom. The molecule has 6 nitrogen and oxygen atoms in total. The van der Waals surface area contributed by atoms with Gasteiger partial charge in [-0.15, -0.1) is 0 Å². The van der Waals surface area contributed by atoms with Crippen LogP contribution in [0, 0.1) is 5.41 Å². The van der Waals surface area contributed by atoms with Crippen molar-refractivity contribution < 1.29 is 19.5 Å². The number of piperidine rings is 1. The maximum Gasteiger partial charge on any atom is 0.354 e. The van der Waals surface area contributed by atoms with Gasteiger partial charge in [-0.25, -0.2) is 9.78 Å². The van der Waals surface area contributed by atoms with E-state index in [0.29, 0.717) is 18.5 Å². The Morgan fingerprint density at radius 1 is 1.19 bits per heavy atom. The zero-order valence-electron chi connectivity index (χ0n) is 11.5. The van der Waals surface area contributed by atoms with Gasteiger partial charge in [0, 0.05) is 19.0 Å². The van der Waals surface area contributed by atoms with E-state index in [2.05, 4.69) is 4.98 Å². The molecule has 1 N–H and O–H groups in total. The quantitative estimate of drug-likeness (QED) is 0.841. The minimum absolute atomic E-state index is 0.159. The van der Waals surface area contributed by atoms with Crippen LogP contribution in [0.15, 0.2) is 18.3 Å². The summed E-state index contributed by atoms with van der Waals surface area (Å²) in [4.78, 5) is 40.5. The van der Waals surface area contributed by atoms with Crippen molar-refractivity contribution in [1.82, 2.24) is 4.98 Å². The lowest BCUT2D eigenvalue weighted by atomic mass is 9.76. The van der Waals surface area contributed by atoms with Crippen molar-refractivity contribution in [3.05, 3.63) is 24.0 Å². The first-order chi connectivity index (χ1) is 10.0. The van der Waals surface area contributed by atoms with Gasteiger partial charge < -0.3 is 5.11 Å². The maximum absolute atomic E-state index is 12.4. The van der Waals surface area contributed by atoms with Crippen LogP contribution in [-0.4, -0.2) is 27.9 Å². The largest absolute Gasteiger partial charge is 0.477 e. The Bertz CT molecular complexity index is 600. The van der Waals surface area contributed by atoms with E-state index in [1.165, 1.54) is 18.3 Å². The third-order valence-electron chi connectivity index (χ3n) is 4.44. The number of aromatic carboxylic acids is 1. The fourth-order valence-corrected chi connectivity index (χ4v) is 3.44. The molecule has 110 valence electrons. The molecule has 0 unspecified atom stereocenters. The Balaban J connectivity index is 1.89. The average Bonchev–Trinajstić information content (AvgIpc) is 2.86. The molecular formula is C15H16N2O4. The Labute approximate surface area is 121 Å². The number of aromatic nitrogens is 1. The van der Waals surface area contributed by atoms with Crippen molar-refractivity contribution in [3.8, 4) is 0 Å². The second-order valence-electron chi connectivity index (χ2n) is 5.89. The van der Waals surface area contributed by atoms with Crippen molar-refractivity contribution in [2.24, 2.45) is 5.41 Å². The molecule has 2 heterocycles.